The predicted molar refractivity (Wildman–Crippen MR) is 121 cm³/mol. The van der Waals surface area contributed by atoms with E-state index in [0.29, 0.717) is 5.75 Å². The molecule has 0 bridgehead atoms. The SMILES string of the molecule is CC(C)(C)OC(=O)CCC(CNC(=O)OC(C)(C)C)OC(=O)CCC(=O)Oc1ccccc1. The van der Waals surface area contributed by atoms with E-state index < -0.39 is 41.3 Å². The number of nitrogens with one attached hydrogen (secondary N) is 1. The van der Waals surface area contributed by atoms with Crippen molar-refractivity contribution in [3.05, 3.63) is 30.3 Å². The van der Waals surface area contributed by atoms with Gasteiger partial charge in [0.2, 0.25) is 0 Å². The topological polar surface area (TPSA) is 117 Å². The quantitative estimate of drug-likeness (QED) is 0.314. The van der Waals surface area contributed by atoms with Crippen LogP contribution in [0.1, 0.15) is 67.2 Å². The summed E-state index contributed by atoms with van der Waals surface area (Å²) >= 11 is 0. The first-order valence-corrected chi connectivity index (χ1v) is 10.9. The lowest BCUT2D eigenvalue weighted by Crippen LogP contribution is -2.39. The van der Waals surface area contributed by atoms with Crippen LogP contribution >= 0.6 is 0 Å². The minimum absolute atomic E-state index is 0.0126. The highest BCUT2D eigenvalue weighted by atomic mass is 16.6. The molecular weight excluding hydrogens is 430 g/mol. The van der Waals surface area contributed by atoms with Crippen molar-refractivity contribution in [2.75, 3.05) is 6.54 Å². The lowest BCUT2D eigenvalue weighted by Gasteiger charge is -2.23. The molecule has 0 saturated carbocycles. The maximum atomic E-state index is 12.3. The Hall–Kier alpha value is -3.10. The molecule has 0 saturated heterocycles. The first-order valence-electron chi connectivity index (χ1n) is 10.9. The van der Waals surface area contributed by atoms with E-state index in [0.717, 1.165) is 0 Å². The molecule has 0 aliphatic rings. The smallest absolute Gasteiger partial charge is 0.407 e. The summed E-state index contributed by atoms with van der Waals surface area (Å²) in [7, 11) is 0. The van der Waals surface area contributed by atoms with E-state index in [9.17, 15) is 19.2 Å². The monoisotopic (exact) mass is 465 g/mol. The van der Waals surface area contributed by atoms with Gasteiger partial charge in [-0.1, -0.05) is 18.2 Å². The Bertz CT molecular complexity index is 761. The molecule has 1 rings (SSSR count). The number of carbonyl (C=O) groups is 4. The zero-order valence-electron chi connectivity index (χ0n) is 20.3. The minimum Gasteiger partial charge on any atom is -0.460 e. The fourth-order valence-electron chi connectivity index (χ4n) is 2.51. The molecule has 1 atom stereocenters. The zero-order valence-corrected chi connectivity index (χ0v) is 20.3. The second kappa shape index (κ2) is 12.8. The molecule has 1 amide bonds. The van der Waals surface area contributed by atoms with Crippen molar-refractivity contribution in [1.82, 2.24) is 5.32 Å². The van der Waals surface area contributed by atoms with Crippen LogP contribution in [0.4, 0.5) is 4.79 Å². The number of hydrogen-bond acceptors (Lipinski definition) is 8. The molecule has 184 valence electrons. The van der Waals surface area contributed by atoms with Crippen molar-refractivity contribution in [3.8, 4) is 5.75 Å². The molecule has 1 unspecified atom stereocenters. The lowest BCUT2D eigenvalue weighted by molar-refractivity contribution is -0.158. The van der Waals surface area contributed by atoms with Gasteiger partial charge < -0.3 is 24.3 Å². The molecule has 0 aromatic heterocycles. The van der Waals surface area contributed by atoms with Crippen LogP contribution in [0.3, 0.4) is 0 Å². The van der Waals surface area contributed by atoms with Crippen LogP contribution in [0, 0.1) is 0 Å². The van der Waals surface area contributed by atoms with E-state index in [4.69, 9.17) is 18.9 Å². The largest absolute Gasteiger partial charge is 0.460 e. The van der Waals surface area contributed by atoms with Crippen molar-refractivity contribution >= 4 is 24.0 Å². The number of rotatable bonds is 10. The average molecular weight is 466 g/mol. The van der Waals surface area contributed by atoms with Crippen LogP contribution in [-0.4, -0.2) is 47.9 Å². The molecule has 9 heteroatoms. The first-order chi connectivity index (χ1) is 15.2. The molecule has 0 spiro atoms. The maximum absolute atomic E-state index is 12.3. The Morgan fingerprint density at radius 2 is 1.36 bits per heavy atom. The van der Waals surface area contributed by atoms with Crippen LogP contribution in [0.15, 0.2) is 30.3 Å². The van der Waals surface area contributed by atoms with Crippen molar-refractivity contribution in [2.24, 2.45) is 0 Å². The lowest BCUT2D eigenvalue weighted by atomic mass is 10.1. The molecule has 0 aliphatic heterocycles. The molecule has 1 aromatic carbocycles. The van der Waals surface area contributed by atoms with Gasteiger partial charge in [-0.25, -0.2) is 4.79 Å². The summed E-state index contributed by atoms with van der Waals surface area (Å²) in [4.78, 5) is 48.2. The zero-order chi connectivity index (χ0) is 25.1. The summed E-state index contributed by atoms with van der Waals surface area (Å²) in [6, 6.07) is 8.50. The summed E-state index contributed by atoms with van der Waals surface area (Å²) in [5.41, 5.74) is -1.33. The number of hydrogen-bond donors (Lipinski definition) is 1. The fraction of sp³-hybridized carbons (Fsp3) is 0.583. The third-order valence-corrected chi connectivity index (χ3v) is 3.77. The van der Waals surface area contributed by atoms with Gasteiger partial charge in [0.1, 0.15) is 23.1 Å². The maximum Gasteiger partial charge on any atom is 0.407 e. The number of para-hydroxylation sites is 1. The van der Waals surface area contributed by atoms with Gasteiger partial charge >= 0.3 is 24.0 Å². The minimum atomic E-state index is -0.803. The van der Waals surface area contributed by atoms with Gasteiger partial charge in [-0.2, -0.15) is 0 Å². The Morgan fingerprint density at radius 1 is 0.788 bits per heavy atom. The first kappa shape index (κ1) is 27.9. The van der Waals surface area contributed by atoms with Gasteiger partial charge in [0.15, 0.2) is 0 Å². The van der Waals surface area contributed by atoms with Gasteiger partial charge in [0.25, 0.3) is 0 Å². The van der Waals surface area contributed by atoms with E-state index in [1.807, 2.05) is 0 Å². The Morgan fingerprint density at radius 3 is 1.94 bits per heavy atom. The molecule has 0 radical (unpaired) electrons. The number of esters is 3. The van der Waals surface area contributed by atoms with Crippen molar-refractivity contribution in [3.63, 3.8) is 0 Å². The molecule has 0 heterocycles. The molecule has 9 nitrogen and oxygen atoms in total. The number of ether oxygens (including phenoxy) is 4. The normalized spacial score (nSPS) is 12.3. The average Bonchev–Trinajstić information content (AvgIpc) is 2.66. The second-order valence-electron chi connectivity index (χ2n) is 9.41. The van der Waals surface area contributed by atoms with Crippen LogP contribution in [0.5, 0.6) is 5.75 Å². The Labute approximate surface area is 195 Å². The second-order valence-corrected chi connectivity index (χ2v) is 9.41. The molecule has 33 heavy (non-hydrogen) atoms. The van der Waals surface area contributed by atoms with Crippen molar-refractivity contribution in [1.29, 1.82) is 0 Å². The molecule has 1 aromatic rings. The van der Waals surface area contributed by atoms with E-state index in [1.165, 1.54) is 0 Å². The summed E-state index contributed by atoms with van der Waals surface area (Å²) < 4.78 is 21.0. The third-order valence-electron chi connectivity index (χ3n) is 3.77. The van der Waals surface area contributed by atoms with Crippen LogP contribution < -0.4 is 10.1 Å². The number of amides is 1. The van der Waals surface area contributed by atoms with Crippen LogP contribution in [-0.2, 0) is 28.6 Å². The van der Waals surface area contributed by atoms with Gasteiger partial charge in [0, 0.05) is 6.42 Å². The molecular formula is C24H35NO8. The van der Waals surface area contributed by atoms with E-state index in [2.05, 4.69) is 5.32 Å². The highest BCUT2D eigenvalue weighted by Gasteiger charge is 2.23. The van der Waals surface area contributed by atoms with Gasteiger partial charge in [-0.15, -0.1) is 0 Å². The fourth-order valence-corrected chi connectivity index (χ4v) is 2.51. The van der Waals surface area contributed by atoms with Crippen LogP contribution in [0.25, 0.3) is 0 Å². The summed E-state index contributed by atoms with van der Waals surface area (Å²) in [5.74, 6) is -1.30. The van der Waals surface area contributed by atoms with E-state index in [-0.39, 0.29) is 32.2 Å². The standard InChI is InChI=1S/C24H35NO8/c1-23(2,3)32-21(28)13-12-18(16-25-22(29)33-24(4,5)6)31-20(27)15-14-19(26)30-17-10-8-7-9-11-17/h7-11,18H,12-16H2,1-6H3,(H,25,29). The third kappa shape index (κ3) is 14.6. The molecule has 0 aliphatic carbocycles. The highest BCUT2D eigenvalue weighted by Crippen LogP contribution is 2.13. The number of benzene rings is 1. The molecule has 0 fully saturated rings. The van der Waals surface area contributed by atoms with Crippen molar-refractivity contribution in [2.45, 2.75) is 84.5 Å². The summed E-state index contributed by atoms with van der Waals surface area (Å²) in [5, 5.41) is 2.53. The Balaban J connectivity index is 2.59. The van der Waals surface area contributed by atoms with E-state index in [1.54, 1.807) is 71.9 Å². The Kier molecular flexibility index (Phi) is 10.8. The number of carbonyl (C=O) groups excluding carboxylic acids is 4. The van der Waals surface area contributed by atoms with Gasteiger partial charge in [-0.05, 0) is 60.1 Å². The summed E-state index contributed by atoms with van der Waals surface area (Å²) in [6.07, 6.45) is -1.74. The van der Waals surface area contributed by atoms with Crippen LogP contribution in [0.2, 0.25) is 0 Å². The van der Waals surface area contributed by atoms with Gasteiger partial charge in [0.05, 0.1) is 19.4 Å². The summed E-state index contributed by atoms with van der Waals surface area (Å²) in [6.45, 7) is 10.4. The highest BCUT2D eigenvalue weighted by molar-refractivity contribution is 5.79. The van der Waals surface area contributed by atoms with E-state index >= 15 is 0 Å². The van der Waals surface area contributed by atoms with Gasteiger partial charge in [-0.3, -0.25) is 14.4 Å². The predicted octanol–water partition coefficient (Wildman–Crippen LogP) is 3.93. The number of alkyl carbamates (subject to hydrolysis) is 1. The van der Waals surface area contributed by atoms with Crippen molar-refractivity contribution < 1.29 is 38.1 Å². The molecule has 1 N–H and O–H groups in total.